The summed E-state index contributed by atoms with van der Waals surface area (Å²) in [5.74, 6) is -0.353. The minimum absolute atomic E-state index is 0.00586. The molecule has 1 aliphatic heterocycles. The van der Waals surface area contributed by atoms with E-state index >= 15 is 0 Å². The fourth-order valence-corrected chi connectivity index (χ4v) is 3.45. The topological polar surface area (TPSA) is 88.0 Å². The van der Waals surface area contributed by atoms with Gasteiger partial charge in [-0.1, -0.05) is 0 Å². The molecule has 0 saturated carbocycles. The number of amides is 1. The van der Waals surface area contributed by atoms with E-state index in [0.29, 0.717) is 11.4 Å². The van der Waals surface area contributed by atoms with Gasteiger partial charge in [0.25, 0.3) is 0 Å². The SMILES string of the molecule is CNc1nc(Nc2cnn(C(C)(C)C(=O)N3CCCC3)c2C)ncc1C(F)(F)F. The molecule has 1 fully saturated rings. The molecule has 1 aliphatic rings. The third-order valence-corrected chi connectivity index (χ3v) is 5.03. The standard InChI is InChI=1S/C18H24F3N7O/c1-11-13(25-16-23-9-12(18(19,20)21)14(22-4)26-16)10-24-28(11)17(2,3)15(29)27-7-5-6-8-27/h9-10H,5-8H2,1-4H3,(H2,22,23,25,26). The van der Waals surface area contributed by atoms with Crippen LogP contribution in [-0.2, 0) is 16.5 Å². The van der Waals surface area contributed by atoms with Crippen LogP contribution in [0.5, 0.6) is 0 Å². The lowest BCUT2D eigenvalue weighted by Gasteiger charge is -2.30. The molecule has 29 heavy (non-hydrogen) atoms. The van der Waals surface area contributed by atoms with Gasteiger partial charge in [0, 0.05) is 26.3 Å². The summed E-state index contributed by atoms with van der Waals surface area (Å²) in [7, 11) is 1.36. The molecular formula is C18H24F3N7O. The Morgan fingerprint density at radius 2 is 1.83 bits per heavy atom. The molecule has 3 rings (SSSR count). The average Bonchev–Trinajstić information content (AvgIpc) is 3.31. The molecule has 2 aromatic rings. The van der Waals surface area contributed by atoms with Crippen molar-refractivity contribution in [1.82, 2.24) is 24.6 Å². The molecule has 158 valence electrons. The highest BCUT2D eigenvalue weighted by molar-refractivity contribution is 5.84. The molecule has 1 saturated heterocycles. The Kier molecular flexibility index (Phi) is 5.42. The summed E-state index contributed by atoms with van der Waals surface area (Å²) < 4.78 is 40.6. The van der Waals surface area contributed by atoms with Crippen LogP contribution in [-0.4, -0.2) is 50.7 Å². The van der Waals surface area contributed by atoms with Crippen LogP contribution < -0.4 is 10.6 Å². The van der Waals surface area contributed by atoms with Crippen molar-refractivity contribution < 1.29 is 18.0 Å². The average molecular weight is 411 g/mol. The van der Waals surface area contributed by atoms with Crippen molar-refractivity contribution in [3.63, 3.8) is 0 Å². The number of likely N-dealkylation sites (tertiary alicyclic amines) is 1. The fourth-order valence-electron chi connectivity index (χ4n) is 3.45. The van der Waals surface area contributed by atoms with Crippen LogP contribution in [0.25, 0.3) is 0 Å². The van der Waals surface area contributed by atoms with Gasteiger partial charge >= 0.3 is 6.18 Å². The second-order valence-electron chi connectivity index (χ2n) is 7.44. The van der Waals surface area contributed by atoms with Gasteiger partial charge in [-0.15, -0.1) is 0 Å². The van der Waals surface area contributed by atoms with Crippen molar-refractivity contribution in [3.8, 4) is 0 Å². The lowest BCUT2D eigenvalue weighted by Crippen LogP contribution is -2.46. The number of anilines is 3. The number of rotatable bonds is 5. The number of hydrogen-bond acceptors (Lipinski definition) is 6. The number of carbonyl (C=O) groups excluding carboxylic acids is 1. The second-order valence-corrected chi connectivity index (χ2v) is 7.44. The molecule has 0 aliphatic carbocycles. The quantitative estimate of drug-likeness (QED) is 0.786. The minimum atomic E-state index is -4.56. The van der Waals surface area contributed by atoms with E-state index in [9.17, 15) is 18.0 Å². The van der Waals surface area contributed by atoms with Crippen molar-refractivity contribution in [2.75, 3.05) is 30.8 Å². The Bertz CT molecular complexity index is 901. The van der Waals surface area contributed by atoms with Gasteiger partial charge in [-0.05, 0) is 33.6 Å². The van der Waals surface area contributed by atoms with E-state index in [2.05, 4.69) is 25.7 Å². The number of halogens is 3. The first-order valence-corrected chi connectivity index (χ1v) is 9.29. The number of nitrogens with zero attached hydrogens (tertiary/aromatic N) is 5. The van der Waals surface area contributed by atoms with Gasteiger partial charge in [-0.25, -0.2) is 4.98 Å². The lowest BCUT2D eigenvalue weighted by molar-refractivity contribution is -0.139. The summed E-state index contributed by atoms with van der Waals surface area (Å²) in [5.41, 5.74) is -0.688. The van der Waals surface area contributed by atoms with E-state index in [4.69, 9.17) is 0 Å². The van der Waals surface area contributed by atoms with Crippen LogP contribution >= 0.6 is 0 Å². The smallest absolute Gasteiger partial charge is 0.372 e. The number of carbonyl (C=O) groups is 1. The highest BCUT2D eigenvalue weighted by atomic mass is 19.4. The molecular weight excluding hydrogens is 387 g/mol. The van der Waals surface area contributed by atoms with Gasteiger partial charge in [-0.3, -0.25) is 9.48 Å². The van der Waals surface area contributed by atoms with E-state index < -0.39 is 17.3 Å². The first-order valence-electron chi connectivity index (χ1n) is 9.29. The molecule has 1 amide bonds. The van der Waals surface area contributed by atoms with E-state index in [1.54, 1.807) is 25.5 Å². The van der Waals surface area contributed by atoms with E-state index in [0.717, 1.165) is 32.1 Å². The predicted octanol–water partition coefficient (Wildman–Crippen LogP) is 3.14. The summed E-state index contributed by atoms with van der Waals surface area (Å²) in [4.78, 5) is 22.4. The van der Waals surface area contributed by atoms with Crippen LogP contribution in [0.3, 0.4) is 0 Å². The van der Waals surface area contributed by atoms with E-state index in [1.165, 1.54) is 13.2 Å². The lowest BCUT2D eigenvalue weighted by atomic mass is 10.0. The van der Waals surface area contributed by atoms with Crippen LogP contribution in [0.4, 0.5) is 30.6 Å². The summed E-state index contributed by atoms with van der Waals surface area (Å²) in [5, 5.41) is 9.66. The van der Waals surface area contributed by atoms with Crippen LogP contribution in [0.15, 0.2) is 12.4 Å². The summed E-state index contributed by atoms with van der Waals surface area (Å²) in [6.07, 6.45) is -0.342. The third-order valence-electron chi connectivity index (χ3n) is 5.03. The highest BCUT2D eigenvalue weighted by Gasteiger charge is 2.37. The first kappa shape index (κ1) is 20.9. The van der Waals surface area contributed by atoms with Crippen LogP contribution in [0, 0.1) is 6.92 Å². The third kappa shape index (κ3) is 3.99. The number of alkyl halides is 3. The molecule has 2 N–H and O–H groups in total. The number of aromatic nitrogens is 4. The van der Waals surface area contributed by atoms with Crippen molar-refractivity contribution in [2.24, 2.45) is 0 Å². The van der Waals surface area contributed by atoms with Gasteiger partial charge in [0.2, 0.25) is 11.9 Å². The van der Waals surface area contributed by atoms with Gasteiger partial charge in [-0.2, -0.15) is 23.3 Å². The van der Waals surface area contributed by atoms with E-state index in [-0.39, 0.29) is 17.7 Å². The summed E-state index contributed by atoms with van der Waals surface area (Å²) in [6, 6.07) is 0. The van der Waals surface area contributed by atoms with Gasteiger partial charge in [0.05, 0.1) is 17.6 Å². The Balaban J connectivity index is 1.85. The zero-order valence-corrected chi connectivity index (χ0v) is 16.8. The molecule has 0 bridgehead atoms. The maximum atomic E-state index is 13.0. The van der Waals surface area contributed by atoms with Crippen LogP contribution in [0.1, 0.15) is 37.9 Å². The minimum Gasteiger partial charge on any atom is -0.372 e. The summed E-state index contributed by atoms with van der Waals surface area (Å²) in [6.45, 7) is 6.84. The Hall–Kier alpha value is -2.85. The molecule has 0 aromatic carbocycles. The zero-order valence-electron chi connectivity index (χ0n) is 16.8. The van der Waals surface area contributed by atoms with Crippen molar-refractivity contribution in [1.29, 1.82) is 0 Å². The molecule has 0 atom stereocenters. The predicted molar refractivity (Wildman–Crippen MR) is 102 cm³/mol. The molecule has 2 aromatic heterocycles. The number of hydrogen-bond donors (Lipinski definition) is 2. The molecule has 0 spiro atoms. The molecule has 0 radical (unpaired) electrons. The first-order chi connectivity index (χ1) is 13.6. The van der Waals surface area contributed by atoms with E-state index in [1.807, 2.05) is 4.90 Å². The summed E-state index contributed by atoms with van der Waals surface area (Å²) >= 11 is 0. The van der Waals surface area contributed by atoms with Gasteiger partial charge in [0.15, 0.2) is 0 Å². The monoisotopic (exact) mass is 411 g/mol. The maximum absolute atomic E-state index is 13.0. The van der Waals surface area contributed by atoms with Crippen molar-refractivity contribution in [3.05, 3.63) is 23.7 Å². The largest absolute Gasteiger partial charge is 0.421 e. The normalized spacial score (nSPS) is 14.9. The Morgan fingerprint density at radius 3 is 2.41 bits per heavy atom. The Labute approximate surface area is 166 Å². The zero-order chi connectivity index (χ0) is 21.4. The van der Waals surface area contributed by atoms with Crippen molar-refractivity contribution >= 4 is 23.4 Å². The Morgan fingerprint density at radius 1 is 1.17 bits per heavy atom. The van der Waals surface area contributed by atoms with Crippen LogP contribution in [0.2, 0.25) is 0 Å². The maximum Gasteiger partial charge on any atom is 0.421 e. The molecule has 11 heteroatoms. The van der Waals surface area contributed by atoms with Gasteiger partial charge < -0.3 is 15.5 Å². The number of nitrogens with one attached hydrogen (secondary N) is 2. The fraction of sp³-hybridized carbons (Fsp3) is 0.556. The molecule has 3 heterocycles. The molecule has 8 nitrogen and oxygen atoms in total. The molecule has 0 unspecified atom stereocenters. The second kappa shape index (κ2) is 7.53. The van der Waals surface area contributed by atoms with Crippen molar-refractivity contribution in [2.45, 2.75) is 45.3 Å². The highest BCUT2D eigenvalue weighted by Crippen LogP contribution is 2.34. The van der Waals surface area contributed by atoms with Gasteiger partial charge in [0.1, 0.15) is 16.9 Å².